The Balaban J connectivity index is 2.08. The van der Waals surface area contributed by atoms with Crippen LogP contribution in [0.15, 0.2) is 24.7 Å². The fourth-order valence-electron chi connectivity index (χ4n) is 1.43. The van der Waals surface area contributed by atoms with Crippen LogP contribution in [-0.4, -0.2) is 25.8 Å². The number of nitrogens with one attached hydrogen (secondary N) is 1. The van der Waals surface area contributed by atoms with Gasteiger partial charge in [-0.1, -0.05) is 11.6 Å². The number of nitrogens with zero attached hydrogens (tertiary/aromatic N) is 3. The molecule has 0 radical (unpaired) electrons. The first kappa shape index (κ1) is 12.4. The minimum absolute atomic E-state index is 0.0620. The molecule has 2 rings (SSSR count). The van der Waals surface area contributed by atoms with Gasteiger partial charge in [-0.05, 0) is 6.07 Å². The van der Waals surface area contributed by atoms with Gasteiger partial charge in [0.2, 0.25) is 0 Å². The van der Waals surface area contributed by atoms with Crippen molar-refractivity contribution in [3.05, 3.63) is 40.8 Å². The molecule has 0 amide bonds. The molecule has 0 fully saturated rings. The van der Waals surface area contributed by atoms with Crippen LogP contribution in [0.3, 0.4) is 0 Å². The molecule has 2 aromatic rings. The number of hydrogen-bond donors (Lipinski definition) is 2. The summed E-state index contributed by atoms with van der Waals surface area (Å²) in [7, 11) is 1.83. The quantitative estimate of drug-likeness (QED) is 0.882. The van der Waals surface area contributed by atoms with Crippen LogP contribution in [0.25, 0.3) is 0 Å². The van der Waals surface area contributed by atoms with E-state index in [4.69, 9.17) is 16.7 Å². The summed E-state index contributed by atoms with van der Waals surface area (Å²) < 4.78 is 1.69. The molecule has 0 aromatic carbocycles. The molecule has 0 atom stereocenters. The Labute approximate surface area is 108 Å². The summed E-state index contributed by atoms with van der Waals surface area (Å²) in [5.41, 5.74) is 1.05. The third-order valence-electron chi connectivity index (χ3n) is 2.31. The molecule has 0 spiro atoms. The highest BCUT2D eigenvalue weighted by atomic mass is 35.5. The van der Waals surface area contributed by atoms with Gasteiger partial charge in [-0.3, -0.25) is 4.68 Å². The van der Waals surface area contributed by atoms with Crippen LogP contribution < -0.4 is 5.32 Å². The first-order valence-corrected chi connectivity index (χ1v) is 5.54. The number of carbonyl (C=O) groups is 1. The Kier molecular flexibility index (Phi) is 3.47. The lowest BCUT2D eigenvalue weighted by Crippen LogP contribution is -2.04. The molecule has 0 unspecified atom stereocenters. The molecule has 0 aliphatic rings. The van der Waals surface area contributed by atoms with E-state index in [1.54, 1.807) is 10.9 Å². The summed E-state index contributed by atoms with van der Waals surface area (Å²) in [6.07, 6.45) is 4.86. The van der Waals surface area contributed by atoms with Crippen molar-refractivity contribution in [1.29, 1.82) is 0 Å². The van der Waals surface area contributed by atoms with Crippen LogP contribution >= 0.6 is 11.6 Å². The van der Waals surface area contributed by atoms with Gasteiger partial charge in [0.25, 0.3) is 0 Å². The highest BCUT2D eigenvalue weighted by Crippen LogP contribution is 2.20. The maximum absolute atomic E-state index is 10.7. The van der Waals surface area contributed by atoms with Crippen molar-refractivity contribution < 1.29 is 9.90 Å². The summed E-state index contributed by atoms with van der Waals surface area (Å²) in [5.74, 6) is -0.603. The average Bonchev–Trinajstić information content (AvgIpc) is 2.73. The summed E-state index contributed by atoms with van der Waals surface area (Å²) in [6, 6.07) is 1.36. The molecule has 0 saturated heterocycles. The van der Waals surface area contributed by atoms with E-state index in [9.17, 15) is 4.79 Å². The highest BCUT2D eigenvalue weighted by molar-refractivity contribution is 6.33. The second-order valence-corrected chi connectivity index (χ2v) is 4.14. The summed E-state index contributed by atoms with van der Waals surface area (Å²) in [4.78, 5) is 14.7. The molecule has 0 aliphatic carbocycles. The first-order valence-electron chi connectivity index (χ1n) is 5.16. The number of halogens is 1. The Morgan fingerprint density at radius 2 is 2.33 bits per heavy atom. The lowest BCUT2D eigenvalue weighted by molar-refractivity contribution is 0.0696. The topological polar surface area (TPSA) is 80.0 Å². The predicted molar refractivity (Wildman–Crippen MR) is 66.7 cm³/mol. The average molecular weight is 267 g/mol. The van der Waals surface area contributed by atoms with Crippen LogP contribution in [0, 0.1) is 0 Å². The lowest BCUT2D eigenvalue weighted by Gasteiger charge is -2.06. The van der Waals surface area contributed by atoms with Crippen LogP contribution in [-0.2, 0) is 13.6 Å². The van der Waals surface area contributed by atoms with Crippen LogP contribution in [0.5, 0.6) is 0 Å². The molecular weight excluding hydrogens is 256 g/mol. The van der Waals surface area contributed by atoms with Gasteiger partial charge in [0.15, 0.2) is 0 Å². The van der Waals surface area contributed by atoms with Crippen molar-refractivity contribution in [3.8, 4) is 0 Å². The molecule has 2 N–H and O–H groups in total. The fraction of sp³-hybridized carbons (Fsp3) is 0.182. The van der Waals surface area contributed by atoms with Gasteiger partial charge in [-0.2, -0.15) is 5.10 Å². The monoisotopic (exact) mass is 266 g/mol. The van der Waals surface area contributed by atoms with E-state index in [0.717, 1.165) is 5.56 Å². The van der Waals surface area contributed by atoms with Gasteiger partial charge in [-0.15, -0.1) is 0 Å². The van der Waals surface area contributed by atoms with Gasteiger partial charge < -0.3 is 10.4 Å². The number of aromatic carboxylic acids is 1. The van der Waals surface area contributed by atoms with E-state index >= 15 is 0 Å². The normalized spacial score (nSPS) is 10.3. The molecular formula is C11H11ClN4O2. The predicted octanol–water partition coefficient (Wildman–Crippen LogP) is 1.78. The Morgan fingerprint density at radius 3 is 2.89 bits per heavy atom. The van der Waals surface area contributed by atoms with Crippen molar-refractivity contribution in [2.24, 2.45) is 7.05 Å². The SMILES string of the molecule is Cn1cc(CNc2ncc(C(=O)O)cc2Cl)cn1. The van der Waals surface area contributed by atoms with Crippen LogP contribution in [0.2, 0.25) is 5.02 Å². The molecule has 2 heterocycles. The lowest BCUT2D eigenvalue weighted by atomic mass is 10.3. The minimum Gasteiger partial charge on any atom is -0.478 e. The number of anilines is 1. The second-order valence-electron chi connectivity index (χ2n) is 3.74. The van der Waals surface area contributed by atoms with Crippen molar-refractivity contribution >= 4 is 23.4 Å². The van der Waals surface area contributed by atoms with Crippen molar-refractivity contribution in [2.75, 3.05) is 5.32 Å². The largest absolute Gasteiger partial charge is 0.478 e. The van der Waals surface area contributed by atoms with Crippen molar-refractivity contribution in [3.63, 3.8) is 0 Å². The zero-order valence-corrected chi connectivity index (χ0v) is 10.3. The van der Waals surface area contributed by atoms with E-state index in [0.29, 0.717) is 12.4 Å². The summed E-state index contributed by atoms with van der Waals surface area (Å²) >= 11 is 5.94. The van der Waals surface area contributed by atoms with Gasteiger partial charge in [-0.25, -0.2) is 9.78 Å². The van der Waals surface area contributed by atoms with Crippen molar-refractivity contribution in [1.82, 2.24) is 14.8 Å². The van der Waals surface area contributed by atoms with E-state index in [1.165, 1.54) is 12.3 Å². The van der Waals surface area contributed by atoms with E-state index in [2.05, 4.69) is 15.4 Å². The Hall–Kier alpha value is -2.08. The van der Waals surface area contributed by atoms with Gasteiger partial charge in [0, 0.05) is 31.5 Å². The number of aromatic nitrogens is 3. The fourth-order valence-corrected chi connectivity index (χ4v) is 1.67. The van der Waals surface area contributed by atoms with E-state index in [1.807, 2.05) is 13.2 Å². The molecule has 0 bridgehead atoms. The maximum atomic E-state index is 10.7. The number of carboxylic acids is 1. The Bertz CT molecular complexity index is 582. The van der Waals surface area contributed by atoms with E-state index < -0.39 is 5.97 Å². The molecule has 18 heavy (non-hydrogen) atoms. The van der Waals surface area contributed by atoms with Crippen molar-refractivity contribution in [2.45, 2.75) is 6.54 Å². The summed E-state index contributed by atoms with van der Waals surface area (Å²) in [5, 5.41) is 16.1. The Morgan fingerprint density at radius 1 is 1.56 bits per heavy atom. The standard InChI is InChI=1S/C11H11ClN4O2/c1-16-6-7(4-15-16)3-13-10-9(12)2-8(5-14-10)11(17)18/h2,4-6H,3H2,1H3,(H,13,14)(H,17,18). The number of pyridine rings is 1. The second kappa shape index (κ2) is 5.05. The molecule has 94 valence electrons. The zero-order chi connectivity index (χ0) is 13.1. The van der Waals surface area contributed by atoms with Gasteiger partial charge in [0.1, 0.15) is 5.82 Å². The van der Waals surface area contributed by atoms with Gasteiger partial charge >= 0.3 is 5.97 Å². The third kappa shape index (κ3) is 2.78. The number of aryl methyl sites for hydroxylation is 1. The molecule has 0 saturated carbocycles. The number of hydrogen-bond acceptors (Lipinski definition) is 4. The first-order chi connectivity index (χ1) is 8.56. The van der Waals surface area contributed by atoms with E-state index in [-0.39, 0.29) is 10.6 Å². The van der Waals surface area contributed by atoms with Crippen LogP contribution in [0.4, 0.5) is 5.82 Å². The highest BCUT2D eigenvalue weighted by Gasteiger charge is 2.08. The van der Waals surface area contributed by atoms with Gasteiger partial charge in [0.05, 0.1) is 16.8 Å². The molecule has 0 aliphatic heterocycles. The third-order valence-corrected chi connectivity index (χ3v) is 2.59. The molecule has 7 heteroatoms. The number of rotatable bonds is 4. The minimum atomic E-state index is -1.05. The molecule has 6 nitrogen and oxygen atoms in total. The molecule has 2 aromatic heterocycles. The number of carboxylic acid groups (broad SMARTS) is 1. The van der Waals surface area contributed by atoms with Crippen LogP contribution in [0.1, 0.15) is 15.9 Å². The zero-order valence-electron chi connectivity index (χ0n) is 9.59. The summed E-state index contributed by atoms with van der Waals surface area (Å²) in [6.45, 7) is 0.521. The smallest absolute Gasteiger partial charge is 0.337 e. The maximum Gasteiger partial charge on any atom is 0.337 e.